The number of nitrogens with zero attached hydrogens (tertiary/aromatic N) is 1. The number of esters is 2. The van der Waals surface area contributed by atoms with Gasteiger partial charge in [-0.15, -0.1) is 0 Å². The van der Waals surface area contributed by atoms with Gasteiger partial charge in [0.15, 0.2) is 0 Å². The lowest BCUT2D eigenvalue weighted by atomic mass is 9.96. The van der Waals surface area contributed by atoms with Gasteiger partial charge in [-0.2, -0.15) is 0 Å². The number of carbonyl (C=O) groups excluding carboxylic acids is 3. The molecule has 0 bridgehead atoms. The standard InChI is InChI=1S/C24H41NO6/c1-7-8-9-11-19(29-6)16-20-14-13-18(4)23(27)25(5)15-10-12-21(26)31-22(17(2)3)24(28)30-20/h10,15,17-20,22H,7-9,11-14,16H2,1-6H3/t18-,19+,20+,22+/m1/s1. The van der Waals surface area contributed by atoms with Crippen molar-refractivity contribution in [2.24, 2.45) is 11.8 Å². The molecule has 7 heteroatoms. The fourth-order valence-electron chi connectivity index (χ4n) is 3.64. The number of methoxy groups -OCH3 is 1. The van der Waals surface area contributed by atoms with Crippen LogP contribution in [-0.2, 0) is 28.6 Å². The first-order chi connectivity index (χ1) is 14.7. The van der Waals surface area contributed by atoms with Gasteiger partial charge in [0.05, 0.1) is 12.5 Å². The molecule has 0 aromatic heterocycles. The van der Waals surface area contributed by atoms with Crippen molar-refractivity contribution in [1.82, 2.24) is 4.90 Å². The summed E-state index contributed by atoms with van der Waals surface area (Å²) < 4.78 is 16.9. The minimum Gasteiger partial charge on any atom is -0.460 e. The highest BCUT2D eigenvalue weighted by Crippen LogP contribution is 2.22. The van der Waals surface area contributed by atoms with Crippen LogP contribution in [0.5, 0.6) is 0 Å². The number of cyclic esters (lactones) is 2. The van der Waals surface area contributed by atoms with E-state index in [1.165, 1.54) is 4.90 Å². The molecule has 0 saturated heterocycles. The molecule has 1 aliphatic rings. The number of rotatable bonds is 8. The number of ether oxygens (including phenoxy) is 3. The molecule has 1 aliphatic heterocycles. The van der Waals surface area contributed by atoms with Crippen LogP contribution in [0.15, 0.2) is 12.3 Å². The van der Waals surface area contributed by atoms with E-state index in [1.807, 2.05) is 20.8 Å². The Morgan fingerprint density at radius 2 is 1.87 bits per heavy atom. The van der Waals surface area contributed by atoms with Crippen LogP contribution in [-0.4, -0.2) is 55.2 Å². The minimum atomic E-state index is -0.954. The predicted molar refractivity (Wildman–Crippen MR) is 119 cm³/mol. The lowest BCUT2D eigenvalue weighted by Crippen LogP contribution is -2.37. The fourth-order valence-corrected chi connectivity index (χ4v) is 3.64. The van der Waals surface area contributed by atoms with Crippen molar-refractivity contribution in [3.8, 4) is 0 Å². The second-order valence-corrected chi connectivity index (χ2v) is 8.82. The van der Waals surface area contributed by atoms with Gasteiger partial charge in [0.1, 0.15) is 6.10 Å². The van der Waals surface area contributed by atoms with Crippen molar-refractivity contribution in [2.75, 3.05) is 14.2 Å². The van der Waals surface area contributed by atoms with Gasteiger partial charge in [0.2, 0.25) is 12.0 Å². The zero-order valence-corrected chi connectivity index (χ0v) is 20.1. The van der Waals surface area contributed by atoms with Gasteiger partial charge in [-0.25, -0.2) is 4.79 Å². The Morgan fingerprint density at radius 3 is 2.48 bits per heavy atom. The van der Waals surface area contributed by atoms with Crippen LogP contribution in [0.2, 0.25) is 0 Å². The van der Waals surface area contributed by atoms with E-state index in [9.17, 15) is 14.4 Å². The zero-order chi connectivity index (χ0) is 23.4. The highest BCUT2D eigenvalue weighted by atomic mass is 16.6. The third-order valence-electron chi connectivity index (χ3n) is 5.67. The Balaban J connectivity index is 3.04. The van der Waals surface area contributed by atoms with Crippen LogP contribution in [0.3, 0.4) is 0 Å². The van der Waals surface area contributed by atoms with Gasteiger partial charge in [0, 0.05) is 38.6 Å². The maximum atomic E-state index is 12.9. The lowest BCUT2D eigenvalue weighted by Gasteiger charge is -2.27. The van der Waals surface area contributed by atoms with Crippen molar-refractivity contribution >= 4 is 17.8 Å². The largest absolute Gasteiger partial charge is 0.460 e. The summed E-state index contributed by atoms with van der Waals surface area (Å²) in [5, 5.41) is 0. The summed E-state index contributed by atoms with van der Waals surface area (Å²) in [5.41, 5.74) is 0. The SMILES string of the molecule is CCCCC[C@@H](C[C@@H]1CC[C@@H](C)C(=O)N(C)C=CCC(=O)O[C@@H](C(C)C)C(=O)O1)OC. The third-order valence-corrected chi connectivity index (χ3v) is 5.67. The number of hydrogen-bond acceptors (Lipinski definition) is 6. The van der Waals surface area contributed by atoms with Crippen molar-refractivity contribution in [2.45, 2.75) is 97.4 Å². The molecular weight excluding hydrogens is 398 g/mol. The second-order valence-electron chi connectivity index (χ2n) is 8.82. The molecule has 0 aliphatic carbocycles. The molecule has 178 valence electrons. The van der Waals surface area contributed by atoms with Gasteiger partial charge in [0.25, 0.3) is 0 Å². The third kappa shape index (κ3) is 9.85. The van der Waals surface area contributed by atoms with E-state index >= 15 is 0 Å². The summed E-state index contributed by atoms with van der Waals surface area (Å²) in [6, 6.07) is 0. The van der Waals surface area contributed by atoms with Crippen molar-refractivity contribution in [3.05, 3.63) is 12.3 Å². The Kier molecular flexibility index (Phi) is 12.5. The maximum absolute atomic E-state index is 12.9. The van der Waals surface area contributed by atoms with Crippen LogP contribution >= 0.6 is 0 Å². The lowest BCUT2D eigenvalue weighted by molar-refractivity contribution is -0.175. The summed E-state index contributed by atoms with van der Waals surface area (Å²) >= 11 is 0. The van der Waals surface area contributed by atoms with Crippen molar-refractivity contribution in [1.29, 1.82) is 0 Å². The second kappa shape index (κ2) is 14.2. The number of hydrogen-bond donors (Lipinski definition) is 0. The Bertz CT molecular complexity index is 603. The first kappa shape index (κ1) is 27.1. The first-order valence-electron chi connectivity index (χ1n) is 11.6. The topological polar surface area (TPSA) is 82.1 Å². The number of carbonyl (C=O) groups is 3. The molecule has 0 unspecified atom stereocenters. The molecule has 4 atom stereocenters. The van der Waals surface area contributed by atoms with E-state index in [0.717, 1.165) is 25.7 Å². The molecule has 0 radical (unpaired) electrons. The van der Waals surface area contributed by atoms with Gasteiger partial charge in [-0.05, 0) is 19.3 Å². The smallest absolute Gasteiger partial charge is 0.347 e. The molecule has 0 saturated carbocycles. The summed E-state index contributed by atoms with van der Waals surface area (Å²) in [6.07, 6.45) is 7.63. The van der Waals surface area contributed by atoms with Crippen LogP contribution in [0.25, 0.3) is 0 Å². The molecule has 1 amide bonds. The predicted octanol–water partition coefficient (Wildman–Crippen LogP) is 4.24. The summed E-state index contributed by atoms with van der Waals surface area (Å²) in [6.45, 7) is 7.67. The van der Waals surface area contributed by atoms with E-state index in [-0.39, 0.29) is 30.3 Å². The monoisotopic (exact) mass is 439 g/mol. The van der Waals surface area contributed by atoms with E-state index in [2.05, 4.69) is 6.92 Å². The van der Waals surface area contributed by atoms with Crippen LogP contribution < -0.4 is 0 Å². The minimum absolute atomic E-state index is 0.0187. The van der Waals surface area contributed by atoms with Crippen molar-refractivity contribution < 1.29 is 28.6 Å². The van der Waals surface area contributed by atoms with Crippen molar-refractivity contribution in [3.63, 3.8) is 0 Å². The van der Waals surface area contributed by atoms with Gasteiger partial charge < -0.3 is 19.1 Å². The molecule has 0 N–H and O–H groups in total. The molecule has 0 aromatic rings. The highest BCUT2D eigenvalue weighted by Gasteiger charge is 2.31. The van der Waals surface area contributed by atoms with Crippen LogP contribution in [0.1, 0.15) is 79.1 Å². The average molecular weight is 440 g/mol. The first-order valence-corrected chi connectivity index (χ1v) is 11.6. The molecule has 0 spiro atoms. The van der Waals surface area contributed by atoms with Gasteiger partial charge in [-0.1, -0.05) is 53.0 Å². The van der Waals surface area contributed by atoms with E-state index < -0.39 is 24.1 Å². The molecular formula is C24H41NO6. The van der Waals surface area contributed by atoms with E-state index in [1.54, 1.807) is 26.4 Å². The van der Waals surface area contributed by atoms with E-state index in [0.29, 0.717) is 19.3 Å². The van der Waals surface area contributed by atoms with Crippen LogP contribution in [0.4, 0.5) is 0 Å². The highest BCUT2D eigenvalue weighted by molar-refractivity contribution is 5.81. The Hall–Kier alpha value is -1.89. The normalized spacial score (nSPS) is 25.2. The maximum Gasteiger partial charge on any atom is 0.347 e. The fraction of sp³-hybridized carbons (Fsp3) is 0.792. The molecule has 0 aromatic carbocycles. The molecule has 1 heterocycles. The quantitative estimate of drug-likeness (QED) is 0.415. The molecule has 1 rings (SSSR count). The number of unbranched alkanes of at least 4 members (excludes halogenated alkanes) is 2. The number of amides is 1. The summed E-state index contributed by atoms with van der Waals surface area (Å²) in [4.78, 5) is 39.2. The molecule has 7 nitrogen and oxygen atoms in total. The Labute approximate surface area is 187 Å². The summed E-state index contributed by atoms with van der Waals surface area (Å²) in [5.74, 6) is -1.54. The molecule has 31 heavy (non-hydrogen) atoms. The van der Waals surface area contributed by atoms with Gasteiger partial charge >= 0.3 is 11.9 Å². The van der Waals surface area contributed by atoms with Gasteiger partial charge in [-0.3, -0.25) is 9.59 Å². The van der Waals surface area contributed by atoms with E-state index in [4.69, 9.17) is 14.2 Å². The summed E-state index contributed by atoms with van der Waals surface area (Å²) in [7, 11) is 3.35. The molecule has 0 fully saturated rings. The Morgan fingerprint density at radius 1 is 1.16 bits per heavy atom. The average Bonchev–Trinajstić information content (AvgIpc) is 2.73. The zero-order valence-electron chi connectivity index (χ0n) is 20.1. The van der Waals surface area contributed by atoms with Crippen LogP contribution in [0, 0.1) is 11.8 Å².